The van der Waals surface area contributed by atoms with Crippen molar-refractivity contribution in [2.45, 2.75) is 36.9 Å². The molecule has 0 N–H and O–H groups in total. The fourth-order valence-electron chi connectivity index (χ4n) is 2.46. The Labute approximate surface area is 144 Å². The van der Waals surface area contributed by atoms with Gasteiger partial charge in [0, 0.05) is 19.4 Å². The van der Waals surface area contributed by atoms with Crippen molar-refractivity contribution in [1.82, 2.24) is 0 Å². The third-order valence-electron chi connectivity index (χ3n) is 3.89. The summed E-state index contributed by atoms with van der Waals surface area (Å²) < 4.78 is 130. The molecule has 2 nitrogen and oxygen atoms in total. The SMILES string of the molecule is CCc1ccccc1[Si](OC)(OC)C(F)(F)C(F)(F)C(F)(F)C(F)(F)F. The molecule has 0 aliphatic rings. The number of benzene rings is 1. The third-order valence-corrected chi connectivity index (χ3v) is 7.37. The zero-order valence-electron chi connectivity index (χ0n) is 13.7. The first-order valence-corrected chi connectivity index (χ1v) is 8.88. The highest BCUT2D eigenvalue weighted by molar-refractivity contribution is 6.83. The van der Waals surface area contributed by atoms with E-state index in [1.165, 1.54) is 19.1 Å². The van der Waals surface area contributed by atoms with Gasteiger partial charge in [0.05, 0.1) is 0 Å². The standard InChI is InChI=1S/C14H15F9O2Si/c1-4-9-7-5-6-8-10(9)26(24-2,25-3)14(22,23)12(17,18)11(15,16)13(19,20)21/h5-8H,4H2,1-3H3. The zero-order chi connectivity index (χ0) is 20.6. The van der Waals surface area contributed by atoms with E-state index in [0.717, 1.165) is 12.1 Å². The van der Waals surface area contributed by atoms with Crippen molar-refractivity contribution in [2.75, 3.05) is 14.2 Å². The smallest absolute Gasteiger partial charge is 0.391 e. The van der Waals surface area contributed by atoms with Gasteiger partial charge in [-0.1, -0.05) is 31.2 Å². The average molecular weight is 414 g/mol. The summed E-state index contributed by atoms with van der Waals surface area (Å²) in [5.74, 6) is -13.8. The molecule has 0 spiro atoms. The maximum atomic E-state index is 14.6. The van der Waals surface area contributed by atoms with Gasteiger partial charge in [-0.05, 0) is 12.0 Å². The van der Waals surface area contributed by atoms with Crippen LogP contribution in [0.4, 0.5) is 39.5 Å². The van der Waals surface area contributed by atoms with Crippen molar-refractivity contribution in [3.8, 4) is 0 Å². The minimum absolute atomic E-state index is 0.00500. The Kier molecular flexibility index (Phi) is 6.16. The molecule has 0 unspecified atom stereocenters. The summed E-state index contributed by atoms with van der Waals surface area (Å²) in [4.78, 5) is 0. The van der Waals surface area contributed by atoms with E-state index >= 15 is 0 Å². The maximum Gasteiger partial charge on any atom is 0.460 e. The van der Waals surface area contributed by atoms with E-state index in [1.54, 1.807) is 0 Å². The van der Waals surface area contributed by atoms with Crippen molar-refractivity contribution in [1.29, 1.82) is 0 Å². The summed E-state index contributed by atoms with van der Waals surface area (Å²) in [6.07, 6.45) is -6.92. The quantitative estimate of drug-likeness (QED) is 0.492. The number of hydrogen-bond acceptors (Lipinski definition) is 2. The van der Waals surface area contributed by atoms with Crippen LogP contribution in [0.25, 0.3) is 0 Å². The van der Waals surface area contributed by atoms with Crippen LogP contribution in [-0.4, -0.2) is 46.3 Å². The van der Waals surface area contributed by atoms with Gasteiger partial charge < -0.3 is 8.85 Å². The van der Waals surface area contributed by atoms with Gasteiger partial charge in [-0.25, -0.2) is 0 Å². The van der Waals surface area contributed by atoms with Crippen molar-refractivity contribution in [2.24, 2.45) is 0 Å². The molecule has 1 aromatic rings. The maximum absolute atomic E-state index is 14.6. The van der Waals surface area contributed by atoms with Crippen LogP contribution in [0.5, 0.6) is 0 Å². The molecule has 150 valence electrons. The second-order valence-corrected chi connectivity index (χ2v) is 8.47. The molecule has 0 bridgehead atoms. The lowest BCUT2D eigenvalue weighted by atomic mass is 10.1. The molecule has 0 saturated carbocycles. The van der Waals surface area contributed by atoms with Gasteiger partial charge in [-0.15, -0.1) is 0 Å². The summed E-state index contributed by atoms with van der Waals surface area (Å²) in [7, 11) is -4.80. The first-order chi connectivity index (χ1) is 11.7. The fraction of sp³-hybridized carbons (Fsp3) is 0.571. The topological polar surface area (TPSA) is 18.5 Å². The molecule has 0 fully saturated rings. The Morgan fingerprint density at radius 2 is 1.27 bits per heavy atom. The highest BCUT2D eigenvalue weighted by Crippen LogP contribution is 2.55. The number of aryl methyl sites for hydroxylation is 1. The molecule has 0 radical (unpaired) electrons. The van der Waals surface area contributed by atoms with Crippen LogP contribution in [-0.2, 0) is 15.3 Å². The van der Waals surface area contributed by atoms with Crippen LogP contribution in [0.2, 0.25) is 0 Å². The Balaban J connectivity index is 3.77. The summed E-state index contributed by atoms with van der Waals surface area (Å²) in [5, 5.41) is -0.657. The second kappa shape index (κ2) is 7.04. The van der Waals surface area contributed by atoms with Crippen LogP contribution >= 0.6 is 0 Å². The molecule has 0 heterocycles. The van der Waals surface area contributed by atoms with Gasteiger partial charge in [0.1, 0.15) is 0 Å². The van der Waals surface area contributed by atoms with Gasteiger partial charge in [-0.2, -0.15) is 39.5 Å². The number of halogens is 9. The molecule has 0 aromatic heterocycles. The van der Waals surface area contributed by atoms with Crippen LogP contribution in [0.3, 0.4) is 0 Å². The molecular formula is C14H15F9O2Si. The van der Waals surface area contributed by atoms with Crippen molar-refractivity contribution < 1.29 is 48.4 Å². The molecule has 0 saturated heterocycles. The van der Waals surface area contributed by atoms with Gasteiger partial charge in [0.25, 0.3) is 0 Å². The highest BCUT2D eigenvalue weighted by Gasteiger charge is 2.88. The Morgan fingerprint density at radius 1 is 0.808 bits per heavy atom. The lowest BCUT2D eigenvalue weighted by molar-refractivity contribution is -0.386. The molecule has 26 heavy (non-hydrogen) atoms. The Morgan fingerprint density at radius 3 is 1.65 bits per heavy atom. The van der Waals surface area contributed by atoms with Crippen LogP contribution < -0.4 is 5.19 Å². The molecule has 0 atom stereocenters. The lowest BCUT2D eigenvalue weighted by Gasteiger charge is -2.41. The van der Waals surface area contributed by atoms with E-state index in [2.05, 4.69) is 8.85 Å². The van der Waals surface area contributed by atoms with Crippen LogP contribution in [0, 0.1) is 0 Å². The van der Waals surface area contributed by atoms with Gasteiger partial charge in [-0.3, -0.25) is 0 Å². The highest BCUT2D eigenvalue weighted by atomic mass is 28.4. The normalized spacial score (nSPS) is 14.6. The van der Waals surface area contributed by atoms with Crippen LogP contribution in [0.15, 0.2) is 24.3 Å². The molecular weight excluding hydrogens is 399 g/mol. The minimum atomic E-state index is -7.01. The minimum Gasteiger partial charge on any atom is -0.391 e. The molecule has 0 aliphatic carbocycles. The van der Waals surface area contributed by atoms with E-state index < -0.39 is 37.3 Å². The number of alkyl halides is 9. The Bertz CT molecular complexity index is 627. The number of hydrogen-bond donors (Lipinski definition) is 0. The third kappa shape index (κ3) is 3.01. The number of rotatable bonds is 7. The van der Waals surface area contributed by atoms with E-state index in [-0.39, 0.29) is 12.0 Å². The molecule has 0 amide bonds. The van der Waals surface area contributed by atoms with Gasteiger partial charge in [0.15, 0.2) is 0 Å². The summed E-state index contributed by atoms with van der Waals surface area (Å²) >= 11 is 0. The first-order valence-electron chi connectivity index (χ1n) is 7.06. The molecule has 12 heteroatoms. The zero-order valence-corrected chi connectivity index (χ0v) is 14.7. The Hall–Kier alpha value is -1.27. The fourth-order valence-corrected chi connectivity index (χ4v) is 5.49. The first kappa shape index (κ1) is 22.8. The summed E-state index contributed by atoms with van der Waals surface area (Å²) in [5.41, 5.74) is -5.97. The largest absolute Gasteiger partial charge is 0.460 e. The second-order valence-electron chi connectivity index (χ2n) is 5.26. The summed E-state index contributed by atoms with van der Waals surface area (Å²) in [6, 6.07) is 4.59. The molecule has 0 aliphatic heterocycles. The van der Waals surface area contributed by atoms with Gasteiger partial charge >= 0.3 is 32.1 Å². The van der Waals surface area contributed by atoms with E-state index in [9.17, 15) is 39.5 Å². The van der Waals surface area contributed by atoms with Crippen LogP contribution in [0.1, 0.15) is 12.5 Å². The predicted molar refractivity (Wildman–Crippen MR) is 76.1 cm³/mol. The van der Waals surface area contributed by atoms with Gasteiger partial charge in [0.2, 0.25) is 0 Å². The average Bonchev–Trinajstić information content (AvgIpc) is 2.55. The van der Waals surface area contributed by atoms with Crippen molar-refractivity contribution >= 4 is 13.7 Å². The van der Waals surface area contributed by atoms with E-state index in [0.29, 0.717) is 14.2 Å². The van der Waals surface area contributed by atoms with E-state index in [1.807, 2.05) is 0 Å². The predicted octanol–water partition coefficient (Wildman–Crippen LogP) is 4.20. The van der Waals surface area contributed by atoms with E-state index in [4.69, 9.17) is 0 Å². The lowest BCUT2D eigenvalue weighted by Crippen LogP contribution is -2.77. The summed E-state index contributed by atoms with van der Waals surface area (Å²) in [6.45, 7) is 1.45. The monoisotopic (exact) mass is 414 g/mol. The van der Waals surface area contributed by atoms with Crippen molar-refractivity contribution in [3.05, 3.63) is 29.8 Å². The molecule has 1 aromatic carbocycles. The molecule has 1 rings (SSSR count). The van der Waals surface area contributed by atoms with Crippen molar-refractivity contribution in [3.63, 3.8) is 0 Å².